The lowest BCUT2D eigenvalue weighted by molar-refractivity contribution is 0.465. The molecule has 39 heavy (non-hydrogen) atoms. The van der Waals surface area contributed by atoms with Gasteiger partial charge in [0.05, 0.1) is 21.4 Å². The SMILES string of the molecule is Cc1nc(S(=O)(=O)c2ccc(Cl)cc2)cc(-c2cc(F)ccc2F)c1CN(C)S(=O)(=O)c1cccc(C#N)c1. The maximum Gasteiger partial charge on any atom is 0.243 e. The molecular formula is C27H20ClF2N3O4S2. The molecule has 4 rings (SSSR count). The van der Waals surface area contributed by atoms with Crippen molar-refractivity contribution in [3.8, 4) is 17.2 Å². The molecule has 0 amide bonds. The van der Waals surface area contributed by atoms with E-state index in [0.29, 0.717) is 5.02 Å². The van der Waals surface area contributed by atoms with Gasteiger partial charge in [-0.2, -0.15) is 9.57 Å². The molecule has 0 N–H and O–H groups in total. The zero-order valence-electron chi connectivity index (χ0n) is 20.6. The van der Waals surface area contributed by atoms with Gasteiger partial charge in [-0.15, -0.1) is 0 Å². The van der Waals surface area contributed by atoms with Gasteiger partial charge in [-0.25, -0.2) is 30.6 Å². The van der Waals surface area contributed by atoms with Crippen molar-refractivity contribution < 1.29 is 25.6 Å². The van der Waals surface area contributed by atoms with Crippen molar-refractivity contribution in [1.82, 2.24) is 9.29 Å². The normalized spacial score (nSPS) is 11.9. The van der Waals surface area contributed by atoms with E-state index < -0.39 is 36.5 Å². The van der Waals surface area contributed by atoms with Crippen LogP contribution in [0.4, 0.5) is 8.78 Å². The predicted molar refractivity (Wildman–Crippen MR) is 141 cm³/mol. The third kappa shape index (κ3) is 5.69. The number of hydrogen-bond acceptors (Lipinski definition) is 6. The third-order valence-electron chi connectivity index (χ3n) is 5.98. The van der Waals surface area contributed by atoms with Crippen LogP contribution in [0.1, 0.15) is 16.8 Å². The summed E-state index contributed by atoms with van der Waals surface area (Å²) in [5, 5.41) is 9.03. The zero-order chi connectivity index (χ0) is 28.5. The van der Waals surface area contributed by atoms with E-state index >= 15 is 0 Å². The molecule has 7 nitrogen and oxygen atoms in total. The summed E-state index contributed by atoms with van der Waals surface area (Å²) >= 11 is 5.88. The molecule has 12 heteroatoms. The predicted octanol–water partition coefficient (Wildman–Crippen LogP) is 5.51. The van der Waals surface area contributed by atoms with E-state index in [4.69, 9.17) is 16.9 Å². The first kappa shape index (κ1) is 28.3. The summed E-state index contributed by atoms with van der Waals surface area (Å²) in [6, 6.07) is 16.5. The van der Waals surface area contributed by atoms with Gasteiger partial charge in [-0.1, -0.05) is 17.7 Å². The molecule has 200 valence electrons. The number of sulfone groups is 1. The van der Waals surface area contributed by atoms with Gasteiger partial charge in [0, 0.05) is 29.9 Å². The molecule has 3 aromatic carbocycles. The highest BCUT2D eigenvalue weighted by molar-refractivity contribution is 7.91. The van der Waals surface area contributed by atoms with Crippen molar-refractivity contribution in [2.75, 3.05) is 7.05 Å². The lowest BCUT2D eigenvalue weighted by Crippen LogP contribution is -2.27. The summed E-state index contributed by atoms with van der Waals surface area (Å²) in [5.74, 6) is -1.62. The number of benzene rings is 3. The molecule has 1 aromatic heterocycles. The Morgan fingerprint density at radius 3 is 2.28 bits per heavy atom. The van der Waals surface area contributed by atoms with E-state index in [2.05, 4.69) is 4.98 Å². The Balaban J connectivity index is 1.88. The number of hydrogen-bond donors (Lipinski definition) is 0. The Hall–Kier alpha value is -3.69. The molecule has 0 unspecified atom stereocenters. The number of nitrogens with zero attached hydrogens (tertiary/aromatic N) is 3. The number of nitriles is 1. The molecule has 0 aliphatic rings. The molecule has 0 atom stereocenters. The first-order valence-electron chi connectivity index (χ1n) is 11.3. The summed E-state index contributed by atoms with van der Waals surface area (Å²) < 4.78 is 83.4. The summed E-state index contributed by atoms with van der Waals surface area (Å²) in [7, 11) is -7.06. The molecule has 0 bridgehead atoms. The maximum atomic E-state index is 15.0. The molecule has 0 fully saturated rings. The van der Waals surface area contributed by atoms with Crippen molar-refractivity contribution in [1.29, 1.82) is 5.26 Å². The Bertz CT molecular complexity index is 1840. The van der Waals surface area contributed by atoms with Crippen molar-refractivity contribution in [2.24, 2.45) is 0 Å². The molecule has 0 spiro atoms. The third-order valence-corrected chi connectivity index (χ3v) is 9.68. The number of aromatic nitrogens is 1. The van der Waals surface area contributed by atoms with Crippen LogP contribution >= 0.6 is 11.6 Å². The minimum atomic E-state index is -4.20. The fourth-order valence-corrected chi connectivity index (χ4v) is 6.48. The average Bonchev–Trinajstić information content (AvgIpc) is 2.91. The van der Waals surface area contributed by atoms with E-state index in [1.807, 2.05) is 6.07 Å². The number of aryl methyl sites for hydroxylation is 1. The summed E-state index contributed by atoms with van der Waals surface area (Å²) in [6.07, 6.45) is 0. The first-order valence-corrected chi connectivity index (χ1v) is 14.6. The summed E-state index contributed by atoms with van der Waals surface area (Å²) in [5.41, 5.74) is 0.0930. The summed E-state index contributed by atoms with van der Waals surface area (Å²) in [6.45, 7) is 1.10. The highest BCUT2D eigenvalue weighted by Crippen LogP contribution is 2.34. The largest absolute Gasteiger partial charge is 0.243 e. The standard InChI is InChI=1S/C27H20ClF2N3O4S2/c1-17-25(16-33(2)39(36,37)22-5-3-4-18(12-22)15-31)23(24-13-20(29)8-11-26(24)30)14-27(32-17)38(34,35)21-9-6-19(28)7-10-21/h3-14H,16H2,1-2H3. The van der Waals surface area contributed by atoms with E-state index in [0.717, 1.165) is 28.6 Å². The minimum absolute atomic E-state index is 0.0418. The van der Waals surface area contributed by atoms with Gasteiger partial charge in [0.15, 0.2) is 5.03 Å². The van der Waals surface area contributed by atoms with Crippen molar-refractivity contribution >= 4 is 31.5 Å². The second kappa shape index (κ2) is 10.8. The number of pyridine rings is 1. The van der Waals surface area contributed by atoms with Crippen molar-refractivity contribution in [2.45, 2.75) is 28.3 Å². The lowest BCUT2D eigenvalue weighted by Gasteiger charge is -2.21. The van der Waals surface area contributed by atoms with Crippen molar-refractivity contribution in [3.05, 3.63) is 106 Å². The van der Waals surface area contributed by atoms with Crippen LogP contribution in [-0.2, 0) is 26.4 Å². The van der Waals surface area contributed by atoms with Crippen LogP contribution in [0.5, 0.6) is 0 Å². The highest BCUT2D eigenvalue weighted by Gasteiger charge is 2.27. The first-order chi connectivity index (χ1) is 18.3. The molecule has 0 saturated heterocycles. The number of sulfonamides is 1. The van der Waals surface area contributed by atoms with Gasteiger partial charge in [-0.05, 0) is 84.8 Å². The smallest absolute Gasteiger partial charge is 0.241 e. The Kier molecular flexibility index (Phi) is 7.86. The monoisotopic (exact) mass is 587 g/mol. The van der Waals surface area contributed by atoms with E-state index in [-0.39, 0.29) is 44.3 Å². The zero-order valence-corrected chi connectivity index (χ0v) is 22.9. The second-order valence-electron chi connectivity index (χ2n) is 8.55. The molecular weight excluding hydrogens is 568 g/mol. The van der Waals surface area contributed by atoms with Gasteiger partial charge >= 0.3 is 0 Å². The van der Waals surface area contributed by atoms with E-state index in [1.54, 1.807) is 0 Å². The van der Waals surface area contributed by atoms with E-state index in [1.165, 1.54) is 62.5 Å². The minimum Gasteiger partial charge on any atom is -0.241 e. The average molecular weight is 588 g/mol. The fourth-order valence-electron chi connectivity index (χ4n) is 3.90. The van der Waals surface area contributed by atoms with Crippen LogP contribution in [0, 0.1) is 29.9 Å². The number of halogens is 3. The Morgan fingerprint density at radius 1 is 0.923 bits per heavy atom. The Labute approximate surface area is 229 Å². The van der Waals surface area contributed by atoms with E-state index in [9.17, 15) is 25.6 Å². The van der Waals surface area contributed by atoms with Crippen LogP contribution in [0.25, 0.3) is 11.1 Å². The summed E-state index contributed by atoms with van der Waals surface area (Å²) in [4.78, 5) is 3.96. The molecule has 0 aliphatic heterocycles. The quantitative estimate of drug-likeness (QED) is 0.282. The van der Waals surface area contributed by atoms with Crippen LogP contribution in [0.3, 0.4) is 0 Å². The Morgan fingerprint density at radius 2 is 1.62 bits per heavy atom. The molecule has 4 aromatic rings. The maximum absolute atomic E-state index is 15.0. The molecule has 0 aliphatic carbocycles. The highest BCUT2D eigenvalue weighted by atomic mass is 35.5. The van der Waals surface area contributed by atoms with Crippen LogP contribution in [0.2, 0.25) is 5.02 Å². The van der Waals surface area contributed by atoms with Crippen molar-refractivity contribution in [3.63, 3.8) is 0 Å². The molecule has 1 heterocycles. The van der Waals surface area contributed by atoms with Gasteiger partial charge < -0.3 is 0 Å². The second-order valence-corrected chi connectivity index (χ2v) is 12.9. The van der Waals surface area contributed by atoms with Crippen LogP contribution < -0.4 is 0 Å². The van der Waals surface area contributed by atoms with Gasteiger partial charge in [0.25, 0.3) is 0 Å². The lowest BCUT2D eigenvalue weighted by atomic mass is 9.98. The number of rotatable bonds is 7. The topological polar surface area (TPSA) is 108 Å². The molecule has 0 saturated carbocycles. The van der Waals surface area contributed by atoms with Crippen LogP contribution in [-0.4, -0.2) is 33.2 Å². The van der Waals surface area contributed by atoms with Gasteiger partial charge in [0.1, 0.15) is 11.6 Å². The van der Waals surface area contributed by atoms with Gasteiger partial charge in [0.2, 0.25) is 19.9 Å². The van der Waals surface area contributed by atoms with Crippen LogP contribution in [0.15, 0.2) is 87.6 Å². The van der Waals surface area contributed by atoms with Gasteiger partial charge in [-0.3, -0.25) is 0 Å². The molecule has 0 radical (unpaired) electrons. The fraction of sp³-hybridized carbons (Fsp3) is 0.111.